The molecule has 0 spiro atoms. The maximum Gasteiger partial charge on any atom is 0.0466 e. The highest BCUT2D eigenvalue weighted by Gasteiger charge is 1.95. The summed E-state index contributed by atoms with van der Waals surface area (Å²) in [4.78, 5) is 0. The monoisotopic (exact) mass is 438 g/mol. The summed E-state index contributed by atoms with van der Waals surface area (Å²) in [6.45, 7) is 6.57. The van der Waals surface area contributed by atoms with Gasteiger partial charge >= 0.3 is 0 Å². The van der Waals surface area contributed by atoms with Gasteiger partial charge in [-0.15, -0.1) is 0 Å². The summed E-state index contributed by atoms with van der Waals surface area (Å²) in [6.07, 6.45) is 28.2. The van der Waals surface area contributed by atoms with E-state index in [1.165, 1.54) is 128 Å². The van der Waals surface area contributed by atoms with Crippen LogP contribution < -0.4 is 0 Å². The van der Waals surface area contributed by atoms with Crippen molar-refractivity contribution in [3.8, 4) is 0 Å². The highest BCUT2D eigenvalue weighted by Crippen LogP contribution is 2.12. The normalized spacial score (nSPS) is 10.7. The number of thiophene rings is 1. The molecule has 0 bridgehead atoms. The summed E-state index contributed by atoms with van der Waals surface area (Å²) in [6, 6.07) is 4.04. The van der Waals surface area contributed by atoms with Crippen LogP contribution in [0.15, 0.2) is 22.9 Å². The van der Waals surface area contributed by atoms with Gasteiger partial charge in [-0.3, -0.25) is 0 Å². The predicted octanol–water partition coefficient (Wildman–Crippen LogP) is 10.6. The number of rotatable bonds is 22. The van der Waals surface area contributed by atoms with Crippen LogP contribution in [0.1, 0.15) is 142 Å². The first-order valence-electron chi connectivity index (χ1n) is 13.5. The Hall–Kier alpha value is -0.340. The molecule has 0 N–H and O–H groups in total. The van der Waals surface area contributed by atoms with Crippen molar-refractivity contribution in [3.63, 3.8) is 0 Å². The van der Waals surface area contributed by atoms with E-state index >= 15 is 0 Å². The van der Waals surface area contributed by atoms with Gasteiger partial charge in [0, 0.05) is 13.2 Å². The standard InChI is InChI=1S/C24H50O.C4H4S/c1-3-5-7-9-11-13-15-17-19-21-23-25-24-22-20-18-16-14-12-10-8-6-4-2;1-2-4-5-3-1/h3-24H2,1-2H3;1-4H. The first-order chi connectivity index (χ1) is 14.9. The predicted molar refractivity (Wildman–Crippen MR) is 139 cm³/mol. The van der Waals surface area contributed by atoms with E-state index < -0.39 is 0 Å². The molecule has 1 nitrogen and oxygen atoms in total. The lowest BCUT2D eigenvalue weighted by Crippen LogP contribution is -1.97. The van der Waals surface area contributed by atoms with Gasteiger partial charge in [-0.25, -0.2) is 0 Å². The molecular formula is C28H54OS. The van der Waals surface area contributed by atoms with Gasteiger partial charge < -0.3 is 4.74 Å². The molecule has 0 radical (unpaired) electrons. The minimum absolute atomic E-state index is 0.994. The van der Waals surface area contributed by atoms with E-state index in [4.69, 9.17) is 4.74 Å². The molecular weight excluding hydrogens is 384 g/mol. The van der Waals surface area contributed by atoms with Gasteiger partial charge in [0.25, 0.3) is 0 Å². The summed E-state index contributed by atoms with van der Waals surface area (Å²) in [5.74, 6) is 0. The summed E-state index contributed by atoms with van der Waals surface area (Å²) < 4.78 is 5.78. The maximum absolute atomic E-state index is 5.78. The van der Waals surface area contributed by atoms with Crippen LogP contribution in [0.5, 0.6) is 0 Å². The van der Waals surface area contributed by atoms with Gasteiger partial charge in [-0.05, 0) is 23.6 Å². The second kappa shape index (κ2) is 28.7. The van der Waals surface area contributed by atoms with E-state index in [9.17, 15) is 0 Å². The maximum atomic E-state index is 5.78. The third kappa shape index (κ3) is 27.7. The van der Waals surface area contributed by atoms with E-state index in [-0.39, 0.29) is 0 Å². The van der Waals surface area contributed by atoms with Crippen molar-refractivity contribution in [2.24, 2.45) is 0 Å². The largest absolute Gasteiger partial charge is 0.381 e. The highest BCUT2D eigenvalue weighted by molar-refractivity contribution is 7.07. The van der Waals surface area contributed by atoms with Crippen LogP contribution in [-0.2, 0) is 4.74 Å². The Balaban J connectivity index is 0.00000145. The lowest BCUT2D eigenvalue weighted by atomic mass is 10.1. The molecule has 2 heteroatoms. The fraction of sp³-hybridized carbons (Fsp3) is 0.857. The van der Waals surface area contributed by atoms with Crippen LogP contribution in [0, 0.1) is 0 Å². The van der Waals surface area contributed by atoms with Crippen molar-refractivity contribution in [2.45, 2.75) is 142 Å². The van der Waals surface area contributed by atoms with E-state index in [0.717, 1.165) is 13.2 Å². The number of ether oxygens (including phenoxy) is 1. The number of unbranched alkanes of at least 4 members (excludes halogenated alkanes) is 18. The highest BCUT2D eigenvalue weighted by atomic mass is 32.1. The van der Waals surface area contributed by atoms with Crippen molar-refractivity contribution in [2.75, 3.05) is 13.2 Å². The van der Waals surface area contributed by atoms with Gasteiger partial charge in [-0.1, -0.05) is 142 Å². The Kier molecular flexibility index (Phi) is 28.3. The average Bonchev–Trinajstić information content (AvgIpc) is 3.35. The topological polar surface area (TPSA) is 9.23 Å². The Morgan fingerprint density at radius 1 is 0.433 bits per heavy atom. The summed E-state index contributed by atoms with van der Waals surface area (Å²) >= 11 is 1.71. The molecule has 0 unspecified atom stereocenters. The third-order valence-corrected chi connectivity index (χ3v) is 6.34. The molecule has 0 fully saturated rings. The van der Waals surface area contributed by atoms with Gasteiger partial charge in [0.1, 0.15) is 0 Å². The molecule has 30 heavy (non-hydrogen) atoms. The Bertz CT molecular complexity index is 324. The zero-order valence-corrected chi connectivity index (χ0v) is 21.5. The third-order valence-electron chi connectivity index (χ3n) is 5.71. The molecule has 0 saturated heterocycles. The molecule has 1 aromatic rings. The SMILES string of the molecule is CCCCCCCCCCCCOCCCCCCCCCCCC.c1ccsc1. The van der Waals surface area contributed by atoms with Crippen molar-refractivity contribution >= 4 is 11.3 Å². The van der Waals surface area contributed by atoms with Gasteiger partial charge in [0.05, 0.1) is 0 Å². The minimum atomic E-state index is 0.994. The van der Waals surface area contributed by atoms with E-state index in [0.29, 0.717) is 0 Å². The lowest BCUT2D eigenvalue weighted by Gasteiger charge is -2.05. The fourth-order valence-electron chi connectivity index (χ4n) is 3.71. The summed E-state index contributed by atoms with van der Waals surface area (Å²) in [5, 5.41) is 4.08. The molecule has 0 aliphatic heterocycles. The van der Waals surface area contributed by atoms with Gasteiger partial charge in [0.15, 0.2) is 0 Å². The molecule has 0 aliphatic rings. The van der Waals surface area contributed by atoms with E-state index in [1.54, 1.807) is 11.3 Å². The van der Waals surface area contributed by atoms with Crippen LogP contribution in [0.25, 0.3) is 0 Å². The zero-order chi connectivity index (χ0) is 21.8. The summed E-state index contributed by atoms with van der Waals surface area (Å²) in [7, 11) is 0. The van der Waals surface area contributed by atoms with E-state index in [2.05, 4.69) is 13.8 Å². The molecule has 0 aromatic carbocycles. The molecule has 1 rings (SSSR count). The van der Waals surface area contributed by atoms with Gasteiger partial charge in [-0.2, -0.15) is 11.3 Å². The molecule has 0 amide bonds. The Morgan fingerprint density at radius 2 is 0.733 bits per heavy atom. The number of hydrogen-bond acceptors (Lipinski definition) is 2. The Morgan fingerprint density at radius 3 is 1.00 bits per heavy atom. The van der Waals surface area contributed by atoms with Crippen LogP contribution in [0.2, 0.25) is 0 Å². The molecule has 1 aromatic heterocycles. The smallest absolute Gasteiger partial charge is 0.0466 e. The summed E-state index contributed by atoms with van der Waals surface area (Å²) in [5.41, 5.74) is 0. The second-order valence-corrected chi connectivity index (χ2v) is 9.59. The zero-order valence-electron chi connectivity index (χ0n) is 20.7. The minimum Gasteiger partial charge on any atom is -0.381 e. The van der Waals surface area contributed by atoms with Crippen LogP contribution in [-0.4, -0.2) is 13.2 Å². The first kappa shape index (κ1) is 29.7. The quantitative estimate of drug-likeness (QED) is 0.163. The first-order valence-corrected chi connectivity index (χ1v) is 14.4. The van der Waals surface area contributed by atoms with Crippen LogP contribution >= 0.6 is 11.3 Å². The number of hydrogen-bond donors (Lipinski definition) is 0. The van der Waals surface area contributed by atoms with Crippen LogP contribution in [0.4, 0.5) is 0 Å². The fourth-order valence-corrected chi connectivity index (χ4v) is 4.17. The average molecular weight is 439 g/mol. The van der Waals surface area contributed by atoms with Crippen molar-refractivity contribution in [1.29, 1.82) is 0 Å². The molecule has 0 aliphatic carbocycles. The van der Waals surface area contributed by atoms with Crippen molar-refractivity contribution in [3.05, 3.63) is 22.9 Å². The van der Waals surface area contributed by atoms with Crippen molar-refractivity contribution in [1.82, 2.24) is 0 Å². The van der Waals surface area contributed by atoms with Gasteiger partial charge in [0.2, 0.25) is 0 Å². The molecule has 178 valence electrons. The molecule has 0 saturated carbocycles. The Labute approximate surface area is 194 Å². The molecule has 0 atom stereocenters. The second-order valence-electron chi connectivity index (χ2n) is 8.77. The van der Waals surface area contributed by atoms with E-state index in [1.807, 2.05) is 22.9 Å². The molecule has 1 heterocycles. The van der Waals surface area contributed by atoms with Crippen LogP contribution in [0.3, 0.4) is 0 Å². The lowest BCUT2D eigenvalue weighted by molar-refractivity contribution is 0.125. The van der Waals surface area contributed by atoms with Crippen molar-refractivity contribution < 1.29 is 4.74 Å².